The van der Waals surface area contributed by atoms with Gasteiger partial charge in [-0.25, -0.2) is 0 Å². The summed E-state index contributed by atoms with van der Waals surface area (Å²) in [5.74, 6) is 3.52. The first kappa shape index (κ1) is 29.2. The van der Waals surface area contributed by atoms with E-state index in [9.17, 15) is 9.59 Å². The molecule has 0 atom stereocenters. The maximum absolute atomic E-state index is 12.7. The summed E-state index contributed by atoms with van der Waals surface area (Å²) in [5.41, 5.74) is 2.38. The molecule has 0 heterocycles. The number of esters is 1. The van der Waals surface area contributed by atoms with Crippen molar-refractivity contribution in [3.8, 4) is 17.2 Å². The van der Waals surface area contributed by atoms with Gasteiger partial charge in [0.05, 0.1) is 19.1 Å². The molecule has 0 aliphatic heterocycles. The van der Waals surface area contributed by atoms with Crippen molar-refractivity contribution in [1.29, 1.82) is 0 Å². The first-order valence-corrected chi connectivity index (χ1v) is 15.2. The van der Waals surface area contributed by atoms with Gasteiger partial charge in [0, 0.05) is 5.92 Å². The van der Waals surface area contributed by atoms with Crippen molar-refractivity contribution in [1.82, 2.24) is 0 Å². The zero-order valence-corrected chi connectivity index (χ0v) is 23.9. The Kier molecular flexibility index (Phi) is 11.3. The number of carbonyl (C=O) groups excluding carboxylic acids is 2. The number of aldehydes is 1. The minimum atomic E-state index is -0.101. The second-order valence-electron chi connectivity index (χ2n) is 11.7. The van der Waals surface area contributed by atoms with E-state index in [0.29, 0.717) is 30.8 Å². The van der Waals surface area contributed by atoms with E-state index >= 15 is 0 Å². The predicted octanol–water partition coefficient (Wildman–Crippen LogP) is 7.90. The van der Waals surface area contributed by atoms with Crippen molar-refractivity contribution in [2.45, 2.75) is 90.9 Å². The lowest BCUT2D eigenvalue weighted by atomic mass is 9.82. The Bertz CT molecular complexity index is 1030. The van der Waals surface area contributed by atoms with Crippen LogP contribution in [0, 0.1) is 30.6 Å². The fraction of sp³-hybridized carbons (Fsp3) is 0.588. The van der Waals surface area contributed by atoms with Crippen LogP contribution in [0.1, 0.15) is 88.7 Å². The Labute approximate surface area is 234 Å². The number of unbranched alkanes of at least 4 members (excludes halogenated alkanes) is 2. The number of hydrogen-bond acceptors (Lipinski definition) is 5. The molecule has 4 rings (SSSR count). The van der Waals surface area contributed by atoms with Crippen molar-refractivity contribution >= 4 is 12.3 Å². The molecule has 2 aliphatic rings. The zero-order valence-electron chi connectivity index (χ0n) is 23.9. The van der Waals surface area contributed by atoms with Crippen LogP contribution >= 0.6 is 0 Å². The minimum Gasteiger partial charge on any atom is -0.493 e. The van der Waals surface area contributed by atoms with Crippen LogP contribution in [0.25, 0.3) is 0 Å². The molecular weight excluding hydrogens is 488 g/mol. The SMILES string of the molecule is CCCCCc1ccc(OC(=O)C2CCC(COc3ccc(OCC4CCC(C=O)CC4)cc3C)CC2)cc1. The molecule has 39 heavy (non-hydrogen) atoms. The molecule has 0 radical (unpaired) electrons. The number of hydrogen-bond donors (Lipinski definition) is 0. The minimum absolute atomic E-state index is 0.0304. The molecule has 0 spiro atoms. The molecule has 0 N–H and O–H groups in total. The van der Waals surface area contributed by atoms with Crippen LogP contribution in [0.2, 0.25) is 0 Å². The van der Waals surface area contributed by atoms with Gasteiger partial charge in [-0.05, 0) is 124 Å². The molecule has 0 unspecified atom stereocenters. The Balaban J connectivity index is 1.14. The van der Waals surface area contributed by atoms with Crippen molar-refractivity contribution in [3.63, 3.8) is 0 Å². The lowest BCUT2D eigenvalue weighted by Crippen LogP contribution is -2.27. The lowest BCUT2D eigenvalue weighted by Gasteiger charge is -2.27. The molecule has 5 nitrogen and oxygen atoms in total. The number of benzene rings is 2. The van der Waals surface area contributed by atoms with Crippen LogP contribution < -0.4 is 14.2 Å². The van der Waals surface area contributed by atoms with E-state index in [2.05, 4.69) is 32.0 Å². The Morgan fingerprint density at radius 3 is 2.10 bits per heavy atom. The summed E-state index contributed by atoms with van der Waals surface area (Å²) in [6, 6.07) is 14.1. The third-order valence-electron chi connectivity index (χ3n) is 8.58. The molecule has 2 saturated carbocycles. The highest BCUT2D eigenvalue weighted by Crippen LogP contribution is 2.32. The number of aryl methyl sites for hydroxylation is 2. The normalized spacial score (nSPS) is 23.1. The monoisotopic (exact) mass is 534 g/mol. The van der Waals surface area contributed by atoms with Gasteiger partial charge in [-0.1, -0.05) is 31.9 Å². The molecule has 0 bridgehead atoms. The molecule has 0 saturated heterocycles. The maximum atomic E-state index is 12.7. The standard InChI is InChI=1S/C34H46O5/c1-3-4-5-6-26-13-17-31(18-14-26)39-34(36)30-15-11-29(12-16-30)24-38-33-20-19-32(21-25(33)2)37-23-28-9-7-27(22-35)8-10-28/h13-14,17-22,27-30H,3-12,15-16,23-24H2,1-2H3. The summed E-state index contributed by atoms with van der Waals surface area (Å²) < 4.78 is 17.9. The van der Waals surface area contributed by atoms with Crippen LogP contribution in [-0.4, -0.2) is 25.5 Å². The van der Waals surface area contributed by atoms with Gasteiger partial charge < -0.3 is 19.0 Å². The van der Waals surface area contributed by atoms with Gasteiger partial charge in [0.25, 0.3) is 0 Å². The molecule has 2 aromatic rings. The smallest absolute Gasteiger partial charge is 0.314 e. The predicted molar refractivity (Wildman–Crippen MR) is 154 cm³/mol. The van der Waals surface area contributed by atoms with Crippen molar-refractivity contribution in [2.75, 3.05) is 13.2 Å². The third kappa shape index (κ3) is 9.12. The number of carbonyl (C=O) groups is 2. The third-order valence-corrected chi connectivity index (χ3v) is 8.58. The highest BCUT2D eigenvalue weighted by molar-refractivity contribution is 5.75. The molecule has 2 aliphatic carbocycles. The van der Waals surface area contributed by atoms with E-state index in [4.69, 9.17) is 14.2 Å². The van der Waals surface area contributed by atoms with Gasteiger partial charge in [0.1, 0.15) is 23.5 Å². The highest BCUT2D eigenvalue weighted by atomic mass is 16.5. The molecular formula is C34H46O5. The molecule has 2 aromatic carbocycles. The van der Waals surface area contributed by atoms with Crippen LogP contribution in [0.15, 0.2) is 42.5 Å². The van der Waals surface area contributed by atoms with Crippen molar-refractivity contribution < 1.29 is 23.8 Å². The second kappa shape index (κ2) is 15.1. The molecule has 0 aromatic heterocycles. The molecule has 212 valence electrons. The summed E-state index contributed by atoms with van der Waals surface area (Å²) in [6.45, 7) is 5.65. The van der Waals surface area contributed by atoms with Gasteiger partial charge in [-0.3, -0.25) is 4.79 Å². The maximum Gasteiger partial charge on any atom is 0.314 e. The number of ether oxygens (including phenoxy) is 3. The van der Waals surface area contributed by atoms with Gasteiger partial charge in [-0.2, -0.15) is 0 Å². The van der Waals surface area contributed by atoms with Crippen LogP contribution in [0.5, 0.6) is 17.2 Å². The summed E-state index contributed by atoms with van der Waals surface area (Å²) in [5, 5.41) is 0. The van der Waals surface area contributed by atoms with Crippen molar-refractivity contribution in [3.05, 3.63) is 53.6 Å². The highest BCUT2D eigenvalue weighted by Gasteiger charge is 2.28. The zero-order chi connectivity index (χ0) is 27.5. The van der Waals surface area contributed by atoms with E-state index in [1.807, 2.05) is 24.3 Å². The summed E-state index contributed by atoms with van der Waals surface area (Å²) in [4.78, 5) is 23.7. The van der Waals surface area contributed by atoms with E-state index in [0.717, 1.165) is 81.1 Å². The lowest BCUT2D eigenvalue weighted by molar-refractivity contribution is -0.140. The molecule has 2 fully saturated rings. The Hall–Kier alpha value is -2.82. The van der Waals surface area contributed by atoms with Gasteiger partial charge in [-0.15, -0.1) is 0 Å². The van der Waals surface area contributed by atoms with Crippen LogP contribution in [0.4, 0.5) is 0 Å². The average molecular weight is 535 g/mol. The first-order chi connectivity index (χ1) is 19.0. The number of rotatable bonds is 13. The van der Waals surface area contributed by atoms with Crippen LogP contribution in [0.3, 0.4) is 0 Å². The summed E-state index contributed by atoms with van der Waals surface area (Å²) >= 11 is 0. The molecule has 5 heteroatoms. The van der Waals surface area contributed by atoms with E-state index in [1.54, 1.807) is 0 Å². The van der Waals surface area contributed by atoms with Crippen LogP contribution in [-0.2, 0) is 16.0 Å². The van der Waals surface area contributed by atoms with Gasteiger partial charge in [0.15, 0.2) is 0 Å². The fourth-order valence-corrected chi connectivity index (χ4v) is 5.85. The largest absolute Gasteiger partial charge is 0.493 e. The van der Waals surface area contributed by atoms with Gasteiger partial charge in [0.2, 0.25) is 0 Å². The summed E-state index contributed by atoms with van der Waals surface area (Å²) in [6.07, 6.45) is 13.6. The Morgan fingerprint density at radius 1 is 0.821 bits per heavy atom. The van der Waals surface area contributed by atoms with Crippen molar-refractivity contribution in [2.24, 2.45) is 23.7 Å². The Morgan fingerprint density at radius 2 is 1.46 bits per heavy atom. The van der Waals surface area contributed by atoms with E-state index < -0.39 is 0 Å². The van der Waals surface area contributed by atoms with E-state index in [-0.39, 0.29) is 17.8 Å². The second-order valence-corrected chi connectivity index (χ2v) is 11.7. The fourth-order valence-electron chi connectivity index (χ4n) is 5.85. The molecule has 0 amide bonds. The topological polar surface area (TPSA) is 61.8 Å². The summed E-state index contributed by atoms with van der Waals surface area (Å²) in [7, 11) is 0. The average Bonchev–Trinajstić information content (AvgIpc) is 2.97. The van der Waals surface area contributed by atoms with Gasteiger partial charge >= 0.3 is 5.97 Å². The quantitative estimate of drug-likeness (QED) is 0.113. The first-order valence-electron chi connectivity index (χ1n) is 15.2. The van der Waals surface area contributed by atoms with E-state index in [1.165, 1.54) is 24.8 Å².